The van der Waals surface area contributed by atoms with Crippen molar-refractivity contribution in [2.24, 2.45) is 0 Å². The lowest BCUT2D eigenvalue weighted by atomic mass is 9.94. The minimum absolute atomic E-state index is 1.04. The van der Waals surface area contributed by atoms with E-state index < -0.39 is 0 Å². The molecule has 0 amide bonds. The van der Waals surface area contributed by atoms with Crippen molar-refractivity contribution in [2.45, 2.75) is 0 Å². The standard InChI is InChI=1S/C78H56N4/c1-8-23-57(24-9-1)58-39-43-71(44-40-58)82-77(61-27-12-3-13-28-61)76(60-25-10-2-11-26-60)75-56-55-73-72(37-22-38-74(73)78(75)82)59-41-45-66(46-42-59)81(69-51-47-67(48-52-69)79(62-29-14-4-15-30-62)63-31-16-5-17-32-63)70-53-49-68(50-54-70)80(64-33-18-6-19-34-64)65-35-20-7-21-36-65/h1-56H. The SMILES string of the molecule is c1ccc(-c2ccc(-n3c(-c4ccccc4)c(-c4ccccc4)c4ccc5c(-c6ccc(N(c7ccc(N(c8ccccc8)c8ccccc8)cc7)c7ccc(N(c8ccccc8)c8ccccc8)cc7)cc6)cccc5c43)cc2)cc1. The Morgan fingerprint density at radius 1 is 0.195 bits per heavy atom. The van der Waals surface area contributed by atoms with Gasteiger partial charge in [-0.05, 0) is 160 Å². The predicted octanol–water partition coefficient (Wildman–Crippen LogP) is 21.9. The van der Waals surface area contributed by atoms with Crippen LogP contribution in [0.25, 0.3) is 72.0 Å². The van der Waals surface area contributed by atoms with E-state index in [4.69, 9.17) is 0 Å². The predicted molar refractivity (Wildman–Crippen MR) is 347 cm³/mol. The molecule has 13 aromatic carbocycles. The van der Waals surface area contributed by atoms with E-state index in [2.05, 4.69) is 359 Å². The van der Waals surface area contributed by atoms with E-state index in [0.717, 1.165) is 68.0 Å². The summed E-state index contributed by atoms with van der Waals surface area (Å²) in [7, 11) is 0. The van der Waals surface area contributed by atoms with E-state index in [1.54, 1.807) is 0 Å². The molecule has 14 aromatic rings. The van der Waals surface area contributed by atoms with Crippen LogP contribution in [0, 0.1) is 0 Å². The van der Waals surface area contributed by atoms with E-state index in [0.29, 0.717) is 0 Å². The summed E-state index contributed by atoms with van der Waals surface area (Å²) in [6.07, 6.45) is 0. The molecule has 1 heterocycles. The summed E-state index contributed by atoms with van der Waals surface area (Å²) >= 11 is 0. The van der Waals surface area contributed by atoms with Crippen molar-refractivity contribution in [2.75, 3.05) is 14.7 Å². The van der Waals surface area contributed by atoms with Crippen LogP contribution in [0.3, 0.4) is 0 Å². The minimum atomic E-state index is 1.04. The van der Waals surface area contributed by atoms with Crippen LogP contribution in [0.4, 0.5) is 51.2 Å². The second kappa shape index (κ2) is 22.1. The maximum absolute atomic E-state index is 2.50. The third kappa shape index (κ3) is 9.44. The zero-order valence-electron chi connectivity index (χ0n) is 45.1. The Morgan fingerprint density at radius 2 is 0.512 bits per heavy atom. The summed E-state index contributed by atoms with van der Waals surface area (Å²) in [5.74, 6) is 0. The van der Waals surface area contributed by atoms with Gasteiger partial charge in [-0.15, -0.1) is 0 Å². The normalized spacial score (nSPS) is 11.2. The summed E-state index contributed by atoms with van der Waals surface area (Å²) in [6, 6.07) is 122. The van der Waals surface area contributed by atoms with Crippen molar-refractivity contribution in [3.8, 4) is 50.3 Å². The molecule has 388 valence electrons. The van der Waals surface area contributed by atoms with Crippen molar-refractivity contribution in [3.63, 3.8) is 0 Å². The van der Waals surface area contributed by atoms with Crippen molar-refractivity contribution in [3.05, 3.63) is 340 Å². The van der Waals surface area contributed by atoms with Crippen LogP contribution >= 0.6 is 0 Å². The molecule has 4 nitrogen and oxygen atoms in total. The second-order valence-corrected chi connectivity index (χ2v) is 20.5. The Labute approximate surface area is 479 Å². The van der Waals surface area contributed by atoms with Gasteiger partial charge >= 0.3 is 0 Å². The lowest BCUT2D eigenvalue weighted by molar-refractivity contribution is 1.14. The molecule has 0 saturated heterocycles. The van der Waals surface area contributed by atoms with Gasteiger partial charge < -0.3 is 19.3 Å². The van der Waals surface area contributed by atoms with Crippen LogP contribution in [-0.4, -0.2) is 4.57 Å². The second-order valence-electron chi connectivity index (χ2n) is 20.5. The number of hydrogen-bond donors (Lipinski definition) is 0. The molecule has 0 atom stereocenters. The fraction of sp³-hybridized carbons (Fsp3) is 0. The number of rotatable bonds is 14. The maximum atomic E-state index is 2.50. The third-order valence-corrected chi connectivity index (χ3v) is 15.6. The number of aromatic nitrogens is 1. The Bertz CT molecular complexity index is 4210. The van der Waals surface area contributed by atoms with Gasteiger partial charge in [0.2, 0.25) is 0 Å². The summed E-state index contributed by atoms with van der Waals surface area (Å²) < 4.78 is 2.50. The molecule has 0 saturated carbocycles. The highest BCUT2D eigenvalue weighted by molar-refractivity contribution is 6.18. The average Bonchev–Trinajstić information content (AvgIpc) is 3.32. The molecule has 4 heteroatoms. The fourth-order valence-electron chi connectivity index (χ4n) is 11.8. The maximum Gasteiger partial charge on any atom is 0.0620 e. The lowest BCUT2D eigenvalue weighted by Crippen LogP contribution is -2.13. The molecule has 0 bridgehead atoms. The Kier molecular flexibility index (Phi) is 13.3. The minimum Gasteiger partial charge on any atom is -0.311 e. The van der Waals surface area contributed by atoms with E-state index >= 15 is 0 Å². The number of anilines is 9. The van der Waals surface area contributed by atoms with Crippen molar-refractivity contribution in [1.29, 1.82) is 0 Å². The highest BCUT2D eigenvalue weighted by Gasteiger charge is 2.25. The van der Waals surface area contributed by atoms with Crippen LogP contribution in [0.2, 0.25) is 0 Å². The van der Waals surface area contributed by atoms with Gasteiger partial charge in [-0.2, -0.15) is 0 Å². The number of fused-ring (bicyclic) bond motifs is 3. The molecule has 0 aliphatic rings. The number of hydrogen-bond acceptors (Lipinski definition) is 3. The van der Waals surface area contributed by atoms with Gasteiger partial charge in [0, 0.05) is 73.2 Å². The van der Waals surface area contributed by atoms with Crippen LogP contribution in [0.1, 0.15) is 0 Å². The van der Waals surface area contributed by atoms with Crippen LogP contribution in [0.5, 0.6) is 0 Å². The molecule has 1 aromatic heterocycles. The molecule has 0 aliphatic heterocycles. The van der Waals surface area contributed by atoms with Gasteiger partial charge in [0.1, 0.15) is 0 Å². The average molecular weight is 1050 g/mol. The summed E-state index contributed by atoms with van der Waals surface area (Å²) in [4.78, 5) is 6.97. The van der Waals surface area contributed by atoms with Gasteiger partial charge in [-0.25, -0.2) is 0 Å². The molecule has 0 aliphatic carbocycles. The first-order valence-electron chi connectivity index (χ1n) is 28.0. The fourth-order valence-corrected chi connectivity index (χ4v) is 11.8. The van der Waals surface area contributed by atoms with Crippen LogP contribution in [-0.2, 0) is 0 Å². The first kappa shape index (κ1) is 49.4. The Hall–Kier alpha value is -10.9. The first-order chi connectivity index (χ1) is 40.7. The molecule has 0 radical (unpaired) electrons. The van der Waals surface area contributed by atoms with Crippen molar-refractivity contribution < 1.29 is 0 Å². The van der Waals surface area contributed by atoms with Gasteiger partial charge in [-0.3, -0.25) is 0 Å². The Morgan fingerprint density at radius 3 is 0.927 bits per heavy atom. The Balaban J connectivity index is 0.900. The zero-order valence-corrected chi connectivity index (χ0v) is 45.1. The van der Waals surface area contributed by atoms with Gasteiger partial charge in [-0.1, -0.05) is 218 Å². The zero-order chi connectivity index (χ0) is 54.6. The monoisotopic (exact) mass is 1050 g/mol. The summed E-state index contributed by atoms with van der Waals surface area (Å²) in [6.45, 7) is 0. The highest BCUT2D eigenvalue weighted by atomic mass is 15.2. The molecule has 0 fully saturated rings. The number of nitrogens with zero attached hydrogens (tertiary/aromatic N) is 4. The lowest BCUT2D eigenvalue weighted by Gasteiger charge is -2.29. The highest BCUT2D eigenvalue weighted by Crippen LogP contribution is 2.48. The molecular weight excluding hydrogens is 993 g/mol. The molecule has 0 spiro atoms. The molecular formula is C78H56N4. The first-order valence-corrected chi connectivity index (χ1v) is 28.0. The van der Waals surface area contributed by atoms with Crippen LogP contribution in [0.15, 0.2) is 340 Å². The molecule has 14 rings (SSSR count). The van der Waals surface area contributed by atoms with Crippen molar-refractivity contribution >= 4 is 72.9 Å². The number of para-hydroxylation sites is 4. The molecule has 0 unspecified atom stereocenters. The van der Waals surface area contributed by atoms with E-state index in [9.17, 15) is 0 Å². The van der Waals surface area contributed by atoms with Crippen molar-refractivity contribution in [1.82, 2.24) is 4.57 Å². The largest absolute Gasteiger partial charge is 0.311 e. The van der Waals surface area contributed by atoms with Crippen LogP contribution < -0.4 is 14.7 Å². The van der Waals surface area contributed by atoms with Gasteiger partial charge in [0.05, 0.1) is 11.2 Å². The van der Waals surface area contributed by atoms with E-state index in [-0.39, 0.29) is 0 Å². The molecule has 82 heavy (non-hydrogen) atoms. The summed E-state index contributed by atoms with van der Waals surface area (Å²) in [5.41, 5.74) is 21.4. The topological polar surface area (TPSA) is 14.7 Å². The quantitative estimate of drug-likeness (QED) is 0.108. The third-order valence-electron chi connectivity index (χ3n) is 15.6. The van der Waals surface area contributed by atoms with E-state index in [1.807, 2.05) is 0 Å². The smallest absolute Gasteiger partial charge is 0.0620 e. The van der Waals surface area contributed by atoms with Gasteiger partial charge in [0.25, 0.3) is 0 Å². The summed E-state index contributed by atoms with van der Waals surface area (Å²) in [5, 5.41) is 3.58. The van der Waals surface area contributed by atoms with Gasteiger partial charge in [0.15, 0.2) is 0 Å². The number of benzene rings is 13. The van der Waals surface area contributed by atoms with E-state index in [1.165, 1.54) is 55.2 Å². The molecule has 0 N–H and O–H groups in total.